The second-order valence-electron chi connectivity index (χ2n) is 4.96. The second kappa shape index (κ2) is 16.1. The van der Waals surface area contributed by atoms with Gasteiger partial charge >= 0.3 is 6.72 Å². The largest absolute Gasteiger partial charge is 0.324 e. The number of hydrogen-bond acceptors (Lipinski definition) is 5. The summed E-state index contributed by atoms with van der Waals surface area (Å²) in [5, 5.41) is 0. The zero-order valence-corrected chi connectivity index (χ0v) is 16.8. The molecule has 128 valence electrons. The van der Waals surface area contributed by atoms with Crippen LogP contribution in [-0.4, -0.2) is 30.1 Å². The molecule has 0 rings (SSSR count). The molecule has 0 fully saturated rings. The molecule has 7 heteroatoms. The van der Waals surface area contributed by atoms with E-state index < -0.39 is 6.72 Å². The Balaban J connectivity index is 3.08. The molecule has 0 radical (unpaired) electrons. The van der Waals surface area contributed by atoms with Crippen LogP contribution in [0.5, 0.6) is 0 Å². The Morgan fingerprint density at radius 2 is 1.43 bits per heavy atom. The molecule has 0 amide bonds. The van der Waals surface area contributed by atoms with Crippen molar-refractivity contribution >= 4 is 40.1 Å². The van der Waals surface area contributed by atoms with Gasteiger partial charge in [-0.1, -0.05) is 67.0 Å². The van der Waals surface area contributed by atoms with Crippen molar-refractivity contribution in [2.24, 2.45) is 0 Å². The van der Waals surface area contributed by atoms with Gasteiger partial charge in [-0.2, -0.15) is 0 Å². The molecular weight excluding hydrogens is 343 g/mol. The molecule has 1 atom stereocenters. The fourth-order valence-corrected chi connectivity index (χ4v) is 4.71. The summed E-state index contributed by atoms with van der Waals surface area (Å²) in [7, 11) is 5.41. The molecule has 1 N–H and O–H groups in total. The summed E-state index contributed by atoms with van der Waals surface area (Å²) >= 11 is 4.75. The fraction of sp³-hybridized carbons (Fsp3) is 1.00. The van der Waals surface area contributed by atoms with Crippen molar-refractivity contribution in [1.29, 1.82) is 0 Å². The first-order valence-corrected chi connectivity index (χ1v) is 13.0. The molecule has 21 heavy (non-hydrogen) atoms. The topological polar surface area (TPSA) is 38.7 Å². The maximum atomic E-state index is 9.39. The lowest BCUT2D eigenvalue weighted by molar-refractivity contribution is 0.221. The lowest BCUT2D eigenvalue weighted by Crippen LogP contribution is -1.94. The average Bonchev–Trinajstić information content (AvgIpc) is 2.47. The minimum absolute atomic E-state index is 0.501. The van der Waals surface area contributed by atoms with Crippen LogP contribution in [0.25, 0.3) is 0 Å². The van der Waals surface area contributed by atoms with E-state index in [4.69, 9.17) is 20.9 Å². The molecule has 0 aliphatic carbocycles. The highest BCUT2D eigenvalue weighted by atomic mass is 33.1. The molecule has 0 aromatic carbocycles. The van der Waals surface area contributed by atoms with Crippen LogP contribution in [0, 0.1) is 0 Å². The molecule has 0 aliphatic rings. The van der Waals surface area contributed by atoms with Crippen molar-refractivity contribution in [3.8, 4) is 0 Å². The van der Waals surface area contributed by atoms with Crippen LogP contribution in [-0.2, 0) is 20.9 Å². The Kier molecular flexibility index (Phi) is 17.0. The van der Waals surface area contributed by atoms with E-state index in [-0.39, 0.29) is 0 Å². The van der Waals surface area contributed by atoms with Crippen LogP contribution in [0.3, 0.4) is 0 Å². The summed E-state index contributed by atoms with van der Waals surface area (Å²) < 4.78 is 9.83. The van der Waals surface area contributed by atoms with Gasteiger partial charge in [-0.3, -0.25) is 0 Å². The summed E-state index contributed by atoms with van der Waals surface area (Å²) in [6.45, 7) is -0.174. The Bertz CT molecular complexity index is 268. The molecule has 0 saturated heterocycles. The van der Waals surface area contributed by atoms with E-state index in [1.54, 1.807) is 0 Å². The van der Waals surface area contributed by atoms with Gasteiger partial charge in [-0.15, -0.1) is 0 Å². The summed E-state index contributed by atoms with van der Waals surface area (Å²) in [5.41, 5.74) is 0. The van der Waals surface area contributed by atoms with E-state index in [0.717, 1.165) is 12.8 Å². The third-order valence-electron chi connectivity index (χ3n) is 3.02. The lowest BCUT2D eigenvalue weighted by Gasteiger charge is -2.12. The Hall–Kier alpha value is 1.23. The molecule has 0 bridgehead atoms. The first kappa shape index (κ1) is 22.2. The highest BCUT2D eigenvalue weighted by Crippen LogP contribution is 2.42. The number of rotatable bonds is 16. The monoisotopic (exact) mass is 374 g/mol. The van der Waals surface area contributed by atoms with Crippen molar-refractivity contribution in [2.45, 2.75) is 64.7 Å². The standard InChI is InChI=1S/C14H31O3PS3/c1-3-4-5-7-10-13-20-21-14-11-8-6-9-12-17-18(15,19)16-2/h3-14H2,1-2H3,(H,15,19). The van der Waals surface area contributed by atoms with Crippen LogP contribution in [0.2, 0.25) is 0 Å². The Labute approximate surface area is 144 Å². The molecule has 1 unspecified atom stereocenters. The third kappa shape index (κ3) is 17.4. The first-order valence-electron chi connectivity index (χ1n) is 7.90. The Morgan fingerprint density at radius 3 is 1.95 bits per heavy atom. The average molecular weight is 375 g/mol. The van der Waals surface area contributed by atoms with Crippen molar-refractivity contribution in [1.82, 2.24) is 0 Å². The molecule has 0 aromatic heterocycles. The summed E-state index contributed by atoms with van der Waals surface area (Å²) in [6.07, 6.45) is 11.4. The molecule has 0 spiro atoms. The fourth-order valence-electron chi connectivity index (χ4n) is 1.73. The van der Waals surface area contributed by atoms with Gasteiger partial charge in [0.1, 0.15) is 0 Å². The molecule has 3 nitrogen and oxygen atoms in total. The molecule has 0 aliphatic heterocycles. The molecule has 0 aromatic rings. The number of unbranched alkanes of at least 4 members (excludes halogenated alkanes) is 7. The van der Waals surface area contributed by atoms with Gasteiger partial charge < -0.3 is 13.9 Å². The molecule has 0 heterocycles. The minimum Gasteiger partial charge on any atom is -0.324 e. The zero-order chi connectivity index (χ0) is 15.8. The summed E-state index contributed by atoms with van der Waals surface area (Å²) in [4.78, 5) is 9.39. The summed E-state index contributed by atoms with van der Waals surface area (Å²) in [6, 6.07) is 0. The van der Waals surface area contributed by atoms with Gasteiger partial charge in [0.25, 0.3) is 0 Å². The van der Waals surface area contributed by atoms with Gasteiger partial charge in [0.15, 0.2) is 0 Å². The van der Waals surface area contributed by atoms with E-state index in [2.05, 4.69) is 6.92 Å². The van der Waals surface area contributed by atoms with Crippen LogP contribution in [0.1, 0.15) is 64.7 Å². The van der Waals surface area contributed by atoms with Gasteiger partial charge in [-0.25, -0.2) is 0 Å². The van der Waals surface area contributed by atoms with Gasteiger partial charge in [0.2, 0.25) is 0 Å². The highest BCUT2D eigenvalue weighted by molar-refractivity contribution is 8.76. The van der Waals surface area contributed by atoms with Crippen LogP contribution in [0.15, 0.2) is 0 Å². The van der Waals surface area contributed by atoms with E-state index in [0.29, 0.717) is 6.61 Å². The van der Waals surface area contributed by atoms with E-state index >= 15 is 0 Å². The maximum Gasteiger partial charge on any atom is 0.324 e. The van der Waals surface area contributed by atoms with Crippen LogP contribution >= 0.6 is 28.3 Å². The smallest absolute Gasteiger partial charge is 0.324 e. The van der Waals surface area contributed by atoms with Gasteiger partial charge in [0, 0.05) is 18.6 Å². The minimum atomic E-state index is -2.93. The SMILES string of the molecule is CCCCCCCSSCCCCCCOP(O)(=S)OC. The van der Waals surface area contributed by atoms with Gasteiger partial charge in [0.05, 0.1) is 6.61 Å². The van der Waals surface area contributed by atoms with Crippen molar-refractivity contribution in [3.05, 3.63) is 0 Å². The Morgan fingerprint density at radius 1 is 0.905 bits per heavy atom. The second-order valence-corrected chi connectivity index (χ2v) is 10.6. The first-order chi connectivity index (χ1) is 10.1. The zero-order valence-electron chi connectivity index (χ0n) is 13.4. The van der Waals surface area contributed by atoms with Crippen molar-refractivity contribution in [3.63, 3.8) is 0 Å². The van der Waals surface area contributed by atoms with Crippen LogP contribution < -0.4 is 0 Å². The maximum absolute atomic E-state index is 9.39. The highest BCUT2D eigenvalue weighted by Gasteiger charge is 2.10. The third-order valence-corrected chi connectivity index (χ3v) is 7.33. The quantitative estimate of drug-likeness (QED) is 0.210. The van der Waals surface area contributed by atoms with Crippen molar-refractivity contribution < 1.29 is 13.9 Å². The summed E-state index contributed by atoms with van der Waals surface area (Å²) in [5.74, 6) is 2.52. The molecule has 0 saturated carbocycles. The van der Waals surface area contributed by atoms with E-state index in [9.17, 15) is 4.89 Å². The predicted octanol–water partition coefficient (Wildman–Crippen LogP) is 5.78. The van der Waals surface area contributed by atoms with Gasteiger partial charge in [-0.05, 0) is 31.1 Å². The predicted molar refractivity (Wildman–Crippen MR) is 102 cm³/mol. The number of hydrogen-bond donors (Lipinski definition) is 1. The molecular formula is C14H31O3PS3. The van der Waals surface area contributed by atoms with Crippen LogP contribution in [0.4, 0.5) is 0 Å². The van der Waals surface area contributed by atoms with E-state index in [1.165, 1.54) is 63.6 Å². The lowest BCUT2D eigenvalue weighted by atomic mass is 10.2. The van der Waals surface area contributed by atoms with E-state index in [1.807, 2.05) is 21.6 Å². The normalized spacial score (nSPS) is 14.2. The van der Waals surface area contributed by atoms with Crippen molar-refractivity contribution in [2.75, 3.05) is 25.2 Å².